The van der Waals surface area contributed by atoms with Crippen molar-refractivity contribution in [2.24, 2.45) is 0 Å². The monoisotopic (exact) mass is 477 g/mol. The van der Waals surface area contributed by atoms with Crippen molar-refractivity contribution in [2.45, 2.75) is 24.8 Å². The Morgan fingerprint density at radius 2 is 1.81 bits per heavy atom. The first-order chi connectivity index (χ1) is 17.7. The number of carbonyl (C=O) groups excluding carboxylic acids is 1. The second-order valence-corrected chi connectivity index (χ2v) is 8.77. The number of nitrogens with zero attached hydrogens (tertiary/aromatic N) is 6. The quantitative estimate of drug-likeness (QED) is 0.382. The molecule has 6 rings (SSSR count). The van der Waals surface area contributed by atoms with Crippen molar-refractivity contribution >= 4 is 11.7 Å². The fourth-order valence-corrected chi connectivity index (χ4v) is 4.37. The van der Waals surface area contributed by atoms with Gasteiger partial charge < -0.3 is 10.1 Å². The van der Waals surface area contributed by atoms with Crippen molar-refractivity contribution in [3.63, 3.8) is 0 Å². The van der Waals surface area contributed by atoms with Crippen LogP contribution in [0.4, 0.5) is 0 Å². The number of aromatic nitrogens is 6. The predicted octanol–water partition coefficient (Wildman–Crippen LogP) is 3.60. The molecule has 1 saturated carbocycles. The first kappa shape index (κ1) is 21.8. The summed E-state index contributed by atoms with van der Waals surface area (Å²) in [5.41, 5.74) is 3.82. The average Bonchev–Trinajstić information content (AvgIpc) is 3.64. The summed E-state index contributed by atoms with van der Waals surface area (Å²) in [6.07, 6.45) is 5.32. The van der Waals surface area contributed by atoms with Gasteiger partial charge in [-0.05, 0) is 54.8 Å². The van der Waals surface area contributed by atoms with Crippen LogP contribution < -0.4 is 10.1 Å². The number of ether oxygens (including phenoxy) is 1. The summed E-state index contributed by atoms with van der Waals surface area (Å²) in [6.45, 7) is 0.371. The minimum absolute atomic E-state index is 0.162. The Balaban J connectivity index is 1.25. The van der Waals surface area contributed by atoms with Crippen molar-refractivity contribution < 1.29 is 9.53 Å². The van der Waals surface area contributed by atoms with E-state index >= 15 is 0 Å². The lowest BCUT2D eigenvalue weighted by Gasteiger charge is -2.14. The fourth-order valence-electron chi connectivity index (χ4n) is 4.37. The van der Waals surface area contributed by atoms with Crippen LogP contribution in [0, 0.1) is 0 Å². The van der Waals surface area contributed by atoms with Gasteiger partial charge in [-0.1, -0.05) is 30.3 Å². The summed E-state index contributed by atoms with van der Waals surface area (Å²) in [5, 5.41) is 16.4. The first-order valence-electron chi connectivity index (χ1n) is 11.7. The van der Waals surface area contributed by atoms with Crippen LogP contribution in [0.25, 0.3) is 17.0 Å². The van der Waals surface area contributed by atoms with E-state index in [1.54, 1.807) is 36.2 Å². The normalized spacial score (nSPS) is 13.9. The number of amides is 1. The lowest BCUT2D eigenvalue weighted by atomic mass is 9.95. The Morgan fingerprint density at radius 1 is 1.00 bits per heavy atom. The average molecular weight is 478 g/mol. The molecule has 0 unspecified atom stereocenters. The third-order valence-electron chi connectivity index (χ3n) is 6.55. The van der Waals surface area contributed by atoms with E-state index in [0.29, 0.717) is 23.6 Å². The summed E-state index contributed by atoms with van der Waals surface area (Å²) >= 11 is 0. The molecule has 178 valence electrons. The molecule has 1 N–H and O–H groups in total. The molecular formula is C27H23N7O2. The van der Waals surface area contributed by atoms with Crippen LogP contribution in [0.3, 0.4) is 0 Å². The smallest absolute Gasteiger partial charge is 0.271 e. The number of methoxy groups -OCH3 is 1. The first-order valence-corrected chi connectivity index (χ1v) is 11.7. The van der Waals surface area contributed by atoms with Gasteiger partial charge in [0.05, 0.1) is 31.0 Å². The number of carbonyl (C=O) groups is 1. The molecule has 1 fully saturated rings. The maximum atomic E-state index is 12.5. The van der Waals surface area contributed by atoms with Gasteiger partial charge in [-0.2, -0.15) is 9.61 Å². The fraction of sp³-hybridized carbons (Fsp3) is 0.185. The number of benzene rings is 2. The van der Waals surface area contributed by atoms with Crippen molar-refractivity contribution in [1.82, 2.24) is 35.1 Å². The summed E-state index contributed by atoms with van der Waals surface area (Å²) in [6, 6.07) is 21.0. The summed E-state index contributed by atoms with van der Waals surface area (Å²) in [4.78, 5) is 21.3. The van der Waals surface area contributed by atoms with E-state index in [9.17, 15) is 4.79 Å². The maximum Gasteiger partial charge on any atom is 0.271 e. The zero-order chi connectivity index (χ0) is 24.5. The Morgan fingerprint density at radius 3 is 2.50 bits per heavy atom. The summed E-state index contributed by atoms with van der Waals surface area (Å²) in [5.74, 6) is 1.89. The molecule has 5 aromatic rings. The molecule has 1 aliphatic rings. The third-order valence-corrected chi connectivity index (χ3v) is 6.55. The molecule has 0 radical (unpaired) electrons. The Kier molecular flexibility index (Phi) is 5.37. The number of hydrogen-bond donors (Lipinski definition) is 1. The number of hydrogen-bond acceptors (Lipinski definition) is 7. The molecule has 1 aliphatic carbocycles. The van der Waals surface area contributed by atoms with E-state index in [1.807, 2.05) is 42.5 Å². The molecule has 0 aliphatic heterocycles. The second-order valence-electron chi connectivity index (χ2n) is 8.77. The van der Waals surface area contributed by atoms with Crippen LogP contribution in [-0.2, 0) is 12.0 Å². The van der Waals surface area contributed by atoms with E-state index in [2.05, 4.69) is 37.6 Å². The maximum absolute atomic E-state index is 12.5. The molecule has 0 atom stereocenters. The number of rotatable bonds is 7. The molecule has 0 spiro atoms. The van der Waals surface area contributed by atoms with Gasteiger partial charge in [-0.15, -0.1) is 10.2 Å². The molecule has 2 aromatic carbocycles. The Bertz CT molecular complexity index is 1530. The highest BCUT2D eigenvalue weighted by Gasteiger charge is 2.50. The Hall–Kier alpha value is -4.66. The zero-order valence-corrected chi connectivity index (χ0v) is 19.6. The number of nitrogens with one attached hydrogen (secondary N) is 1. The van der Waals surface area contributed by atoms with Crippen molar-refractivity contribution in [2.75, 3.05) is 7.11 Å². The summed E-state index contributed by atoms with van der Waals surface area (Å²) in [7, 11) is 1.66. The highest BCUT2D eigenvalue weighted by atomic mass is 16.5. The van der Waals surface area contributed by atoms with Crippen molar-refractivity contribution in [3.8, 4) is 17.0 Å². The van der Waals surface area contributed by atoms with Crippen LogP contribution in [0.2, 0.25) is 0 Å². The SMILES string of the molecule is COc1ccc(C2(c3nnc4ncc(-c5ccc(C(=O)NCc6ccccn6)cc5)nn34)CC2)cc1. The highest BCUT2D eigenvalue weighted by Crippen LogP contribution is 2.52. The summed E-state index contributed by atoms with van der Waals surface area (Å²) < 4.78 is 7.04. The molecule has 0 bridgehead atoms. The van der Waals surface area contributed by atoms with Gasteiger partial charge in [0.15, 0.2) is 5.82 Å². The lowest BCUT2D eigenvalue weighted by molar-refractivity contribution is 0.0950. The molecular weight excluding hydrogens is 454 g/mol. The standard InChI is InChI=1S/C27H23N7O2/c1-36-22-11-9-20(10-12-22)27(13-14-27)25-31-32-26-30-17-23(33-34(25)26)18-5-7-19(8-6-18)24(35)29-16-21-4-2-3-15-28-21/h2-12,15,17H,13-14,16H2,1H3,(H,29,35). The topological polar surface area (TPSA) is 107 Å². The lowest BCUT2D eigenvalue weighted by Crippen LogP contribution is -2.23. The molecule has 0 saturated heterocycles. The van der Waals surface area contributed by atoms with E-state index < -0.39 is 0 Å². The van der Waals surface area contributed by atoms with Gasteiger partial charge in [0, 0.05) is 17.3 Å². The van der Waals surface area contributed by atoms with Gasteiger partial charge in [-0.25, -0.2) is 4.98 Å². The third kappa shape index (κ3) is 3.94. The van der Waals surface area contributed by atoms with Crippen LogP contribution in [0.5, 0.6) is 5.75 Å². The van der Waals surface area contributed by atoms with Gasteiger partial charge in [0.25, 0.3) is 11.7 Å². The van der Waals surface area contributed by atoms with Crippen LogP contribution in [-0.4, -0.2) is 42.8 Å². The predicted molar refractivity (Wildman–Crippen MR) is 132 cm³/mol. The van der Waals surface area contributed by atoms with Gasteiger partial charge in [0.1, 0.15) is 11.4 Å². The van der Waals surface area contributed by atoms with Crippen LogP contribution >= 0.6 is 0 Å². The largest absolute Gasteiger partial charge is 0.497 e. The number of pyridine rings is 1. The highest BCUT2D eigenvalue weighted by molar-refractivity contribution is 5.94. The van der Waals surface area contributed by atoms with Crippen LogP contribution in [0.15, 0.2) is 79.1 Å². The van der Waals surface area contributed by atoms with E-state index in [1.165, 1.54) is 0 Å². The Labute approximate surface area is 207 Å². The van der Waals surface area contributed by atoms with Crippen molar-refractivity contribution in [3.05, 3.63) is 102 Å². The minimum Gasteiger partial charge on any atom is -0.497 e. The van der Waals surface area contributed by atoms with Gasteiger partial charge in [0.2, 0.25) is 0 Å². The molecule has 3 aromatic heterocycles. The molecule has 3 heterocycles. The van der Waals surface area contributed by atoms with E-state index in [-0.39, 0.29) is 11.3 Å². The van der Waals surface area contributed by atoms with E-state index in [4.69, 9.17) is 9.84 Å². The minimum atomic E-state index is -0.228. The zero-order valence-electron chi connectivity index (χ0n) is 19.6. The second kappa shape index (κ2) is 8.84. The molecule has 36 heavy (non-hydrogen) atoms. The van der Waals surface area contributed by atoms with Gasteiger partial charge >= 0.3 is 0 Å². The molecule has 1 amide bonds. The van der Waals surface area contributed by atoms with Gasteiger partial charge in [-0.3, -0.25) is 9.78 Å². The van der Waals surface area contributed by atoms with Crippen molar-refractivity contribution in [1.29, 1.82) is 0 Å². The molecule has 9 heteroatoms. The molecule has 9 nitrogen and oxygen atoms in total. The number of fused-ring (bicyclic) bond motifs is 1. The van der Waals surface area contributed by atoms with Crippen LogP contribution in [0.1, 0.15) is 40.3 Å². The van der Waals surface area contributed by atoms with E-state index in [0.717, 1.165) is 41.2 Å².